The van der Waals surface area contributed by atoms with E-state index in [1.54, 1.807) is 0 Å². The van der Waals surface area contributed by atoms with Gasteiger partial charge in [-0.05, 0) is 30.7 Å². The lowest BCUT2D eigenvalue weighted by molar-refractivity contribution is 0.746. The van der Waals surface area contributed by atoms with E-state index in [9.17, 15) is 0 Å². The molecule has 0 aliphatic carbocycles. The maximum absolute atomic E-state index is 4.13. The number of benzene rings is 1. The summed E-state index contributed by atoms with van der Waals surface area (Å²) in [7, 11) is 0. The molecule has 0 aliphatic rings. The topological polar surface area (TPSA) is 0 Å². The Morgan fingerprint density at radius 1 is 1.25 bits per heavy atom. The first-order chi connectivity index (χ1) is 5.70. The third kappa shape index (κ3) is 2.69. The average Bonchev–Trinajstić information content (AvgIpc) is 2.05. The Kier molecular flexibility index (Phi) is 3.33. The van der Waals surface area contributed by atoms with Crippen LogP contribution in [-0.2, 0) is 0 Å². The van der Waals surface area contributed by atoms with E-state index >= 15 is 0 Å². The molecule has 1 rings (SSSR count). The van der Waals surface area contributed by atoms with Crippen molar-refractivity contribution in [3.05, 3.63) is 48.7 Å². The molecule has 0 heteroatoms. The summed E-state index contributed by atoms with van der Waals surface area (Å²) in [5, 5.41) is 0. The van der Waals surface area contributed by atoms with Crippen LogP contribution < -0.4 is 0 Å². The van der Waals surface area contributed by atoms with E-state index in [2.05, 4.69) is 45.0 Å². The van der Waals surface area contributed by atoms with Gasteiger partial charge in [-0.1, -0.05) is 44.2 Å². The molecule has 0 spiro atoms. The molecule has 0 aromatic heterocycles. The van der Waals surface area contributed by atoms with Crippen LogP contribution in [0.3, 0.4) is 0 Å². The highest BCUT2D eigenvalue weighted by molar-refractivity contribution is 5.21. The second kappa shape index (κ2) is 4.30. The van der Waals surface area contributed by atoms with Crippen molar-refractivity contribution in [2.75, 3.05) is 0 Å². The van der Waals surface area contributed by atoms with Crippen molar-refractivity contribution in [2.45, 2.75) is 26.2 Å². The van der Waals surface area contributed by atoms with Gasteiger partial charge >= 0.3 is 0 Å². The zero-order valence-electron chi connectivity index (χ0n) is 7.88. The Morgan fingerprint density at radius 2 is 1.83 bits per heavy atom. The van der Waals surface area contributed by atoms with Crippen LogP contribution in [-0.4, -0.2) is 0 Å². The molecule has 1 atom stereocenters. The fourth-order valence-electron chi connectivity index (χ4n) is 1.34. The van der Waals surface area contributed by atoms with E-state index in [1.165, 1.54) is 11.5 Å². The molecule has 0 saturated heterocycles. The maximum atomic E-state index is 4.13. The van der Waals surface area contributed by atoms with E-state index < -0.39 is 0 Å². The molecular formula is C12H16. The predicted octanol–water partition coefficient (Wildman–Crippen LogP) is 3.61. The predicted molar refractivity (Wildman–Crippen MR) is 53.7 cm³/mol. The molecule has 1 aromatic rings. The lowest BCUT2D eigenvalue weighted by Gasteiger charge is -2.13. The Morgan fingerprint density at radius 3 is 2.33 bits per heavy atom. The molecular weight excluding hydrogens is 144 g/mol. The van der Waals surface area contributed by atoms with E-state index in [0.717, 1.165) is 6.42 Å². The first-order valence-corrected chi connectivity index (χ1v) is 4.37. The molecule has 64 valence electrons. The van der Waals surface area contributed by atoms with Crippen LogP contribution in [0, 0.1) is 12.8 Å². The van der Waals surface area contributed by atoms with Crippen LogP contribution in [0.5, 0.6) is 0 Å². The molecule has 1 unspecified atom stereocenters. The third-order valence-corrected chi connectivity index (χ3v) is 1.93. The molecule has 1 aromatic carbocycles. The normalized spacial score (nSPS) is 13.3. The fourth-order valence-corrected chi connectivity index (χ4v) is 1.34. The highest BCUT2D eigenvalue weighted by Crippen LogP contribution is 2.22. The number of hydrogen-bond acceptors (Lipinski definition) is 0. The largest absolute Gasteiger partial charge is 0.0622 e. The van der Waals surface area contributed by atoms with Crippen molar-refractivity contribution >= 4 is 0 Å². The van der Waals surface area contributed by atoms with Gasteiger partial charge < -0.3 is 0 Å². The summed E-state index contributed by atoms with van der Waals surface area (Å²) in [6, 6.07) is 10.5. The Bertz CT molecular complexity index is 211. The van der Waals surface area contributed by atoms with E-state index in [1.807, 2.05) is 6.07 Å². The van der Waals surface area contributed by atoms with Crippen molar-refractivity contribution in [3.63, 3.8) is 0 Å². The quantitative estimate of drug-likeness (QED) is 0.633. The van der Waals surface area contributed by atoms with Gasteiger partial charge in [0.1, 0.15) is 0 Å². The standard InChI is InChI=1S/C12H16/c1-10(2)9-11(3)12-7-5-4-6-8-12/h4-8,11H,3,9H2,1-2H3. The minimum absolute atomic E-state index is 0.413. The Balaban J connectivity index is 2.59. The van der Waals surface area contributed by atoms with Gasteiger partial charge in [0.2, 0.25) is 0 Å². The second-order valence-electron chi connectivity index (χ2n) is 3.52. The van der Waals surface area contributed by atoms with Crippen LogP contribution in [0.4, 0.5) is 0 Å². The van der Waals surface area contributed by atoms with E-state index in [0.29, 0.717) is 5.92 Å². The first-order valence-electron chi connectivity index (χ1n) is 4.37. The van der Waals surface area contributed by atoms with Crippen LogP contribution in [0.2, 0.25) is 0 Å². The minimum Gasteiger partial charge on any atom is -0.0622 e. The summed E-state index contributed by atoms with van der Waals surface area (Å²) in [6.07, 6.45) is 1.09. The summed E-state index contributed by atoms with van der Waals surface area (Å²) >= 11 is 0. The highest BCUT2D eigenvalue weighted by Gasteiger charge is 2.06. The van der Waals surface area contributed by atoms with Crippen LogP contribution in [0.1, 0.15) is 31.7 Å². The van der Waals surface area contributed by atoms with Gasteiger partial charge in [0.05, 0.1) is 0 Å². The van der Waals surface area contributed by atoms with Crippen LogP contribution >= 0.6 is 0 Å². The lowest BCUT2D eigenvalue weighted by Crippen LogP contribution is -1.96. The third-order valence-electron chi connectivity index (χ3n) is 1.93. The van der Waals surface area contributed by atoms with Gasteiger partial charge in [-0.2, -0.15) is 0 Å². The zero-order chi connectivity index (χ0) is 8.97. The SMILES string of the molecule is [CH2]C(C[C](C)C)c1ccccc1. The second-order valence-corrected chi connectivity index (χ2v) is 3.52. The monoisotopic (exact) mass is 160 g/mol. The molecule has 0 heterocycles. The van der Waals surface area contributed by atoms with Gasteiger partial charge in [0.15, 0.2) is 0 Å². The molecule has 0 nitrogen and oxygen atoms in total. The molecule has 0 N–H and O–H groups in total. The van der Waals surface area contributed by atoms with Crippen LogP contribution in [0.25, 0.3) is 0 Å². The average molecular weight is 160 g/mol. The maximum Gasteiger partial charge on any atom is -0.0156 e. The van der Waals surface area contributed by atoms with Crippen molar-refractivity contribution in [2.24, 2.45) is 0 Å². The summed E-state index contributed by atoms with van der Waals surface area (Å²) in [5.41, 5.74) is 1.33. The van der Waals surface area contributed by atoms with Gasteiger partial charge in [-0.25, -0.2) is 0 Å². The Labute approximate surface area is 75.6 Å². The smallest absolute Gasteiger partial charge is 0.0156 e. The summed E-state index contributed by atoms with van der Waals surface area (Å²) in [6.45, 7) is 8.44. The molecule has 0 aliphatic heterocycles. The van der Waals surface area contributed by atoms with Gasteiger partial charge in [-0.15, -0.1) is 0 Å². The molecule has 0 bridgehead atoms. The summed E-state index contributed by atoms with van der Waals surface area (Å²) in [4.78, 5) is 0. The molecule has 0 fully saturated rings. The van der Waals surface area contributed by atoms with Crippen molar-refractivity contribution in [1.82, 2.24) is 0 Å². The van der Waals surface area contributed by atoms with E-state index in [-0.39, 0.29) is 0 Å². The van der Waals surface area contributed by atoms with Gasteiger partial charge in [0.25, 0.3) is 0 Å². The van der Waals surface area contributed by atoms with Gasteiger partial charge in [0, 0.05) is 0 Å². The van der Waals surface area contributed by atoms with Crippen LogP contribution in [0.15, 0.2) is 30.3 Å². The summed E-state index contributed by atoms with van der Waals surface area (Å²) in [5.74, 6) is 1.86. The zero-order valence-corrected chi connectivity index (χ0v) is 7.88. The highest BCUT2D eigenvalue weighted by atomic mass is 14.1. The number of rotatable bonds is 3. The molecule has 12 heavy (non-hydrogen) atoms. The molecule has 0 saturated carbocycles. The van der Waals surface area contributed by atoms with Crippen molar-refractivity contribution < 1.29 is 0 Å². The minimum atomic E-state index is 0.413. The Hall–Kier alpha value is -0.780. The van der Waals surface area contributed by atoms with E-state index in [4.69, 9.17) is 0 Å². The van der Waals surface area contributed by atoms with Gasteiger partial charge in [-0.3, -0.25) is 0 Å². The summed E-state index contributed by atoms with van der Waals surface area (Å²) < 4.78 is 0. The lowest BCUT2D eigenvalue weighted by atomic mass is 9.92. The fraction of sp³-hybridized carbons (Fsp3) is 0.333. The molecule has 2 radical (unpaired) electrons. The van der Waals surface area contributed by atoms with Crippen molar-refractivity contribution in [3.8, 4) is 0 Å². The van der Waals surface area contributed by atoms with Crippen molar-refractivity contribution in [1.29, 1.82) is 0 Å². The number of hydrogen-bond donors (Lipinski definition) is 0. The first kappa shape index (κ1) is 9.31. The molecule has 0 amide bonds.